The van der Waals surface area contributed by atoms with Crippen molar-refractivity contribution >= 4 is 5.91 Å². The number of carbonyl (C=O) groups excluding carboxylic acids is 1. The van der Waals surface area contributed by atoms with Gasteiger partial charge in [-0.3, -0.25) is 4.79 Å². The number of rotatable bonds is 3. The van der Waals surface area contributed by atoms with E-state index in [0.717, 1.165) is 37.1 Å². The predicted molar refractivity (Wildman–Crippen MR) is 72.4 cm³/mol. The smallest absolute Gasteiger partial charge is 0.237 e. The molecule has 1 aromatic rings. The van der Waals surface area contributed by atoms with Crippen LogP contribution in [0.2, 0.25) is 0 Å². The maximum Gasteiger partial charge on any atom is 0.237 e. The van der Waals surface area contributed by atoms with Crippen LogP contribution in [-0.4, -0.2) is 23.1 Å². The number of nitrogens with one attached hydrogen (secondary N) is 2. The summed E-state index contributed by atoms with van der Waals surface area (Å²) in [4.78, 5) is 11.8. The van der Waals surface area contributed by atoms with Crippen LogP contribution in [0.5, 0.6) is 0 Å². The quantitative estimate of drug-likeness (QED) is 0.850. The monoisotopic (exact) mass is 260 g/mol. The Labute approximate surface area is 113 Å². The van der Waals surface area contributed by atoms with Crippen molar-refractivity contribution in [3.8, 4) is 6.07 Å². The number of nitrogens with zero attached hydrogens (tertiary/aromatic N) is 2. The fourth-order valence-electron chi connectivity index (χ4n) is 2.42. The maximum atomic E-state index is 11.8. The van der Waals surface area contributed by atoms with Crippen molar-refractivity contribution in [2.75, 3.05) is 6.54 Å². The number of hydrogen-bond acceptors (Lipinski definition) is 3. The summed E-state index contributed by atoms with van der Waals surface area (Å²) in [6.45, 7) is 3.39. The molecule has 5 heteroatoms. The molecule has 5 nitrogen and oxygen atoms in total. The van der Waals surface area contributed by atoms with Gasteiger partial charge in [-0.1, -0.05) is 0 Å². The van der Waals surface area contributed by atoms with Crippen LogP contribution in [0.4, 0.5) is 0 Å². The third kappa shape index (κ3) is 2.96. The van der Waals surface area contributed by atoms with Crippen molar-refractivity contribution < 1.29 is 4.79 Å². The van der Waals surface area contributed by atoms with Gasteiger partial charge < -0.3 is 15.2 Å². The van der Waals surface area contributed by atoms with Crippen LogP contribution in [0.3, 0.4) is 0 Å². The van der Waals surface area contributed by atoms with Crippen LogP contribution in [0, 0.1) is 18.3 Å². The predicted octanol–water partition coefficient (Wildman–Crippen LogP) is 0.963. The van der Waals surface area contributed by atoms with Gasteiger partial charge in [0.2, 0.25) is 5.91 Å². The first-order valence-electron chi connectivity index (χ1n) is 6.70. The summed E-state index contributed by atoms with van der Waals surface area (Å²) in [6.07, 6.45) is 2.99. The molecule has 2 N–H and O–H groups in total. The highest BCUT2D eigenvalue weighted by molar-refractivity contribution is 5.81. The van der Waals surface area contributed by atoms with E-state index in [0.29, 0.717) is 12.2 Å². The second kappa shape index (κ2) is 5.89. The first-order chi connectivity index (χ1) is 9.13. The summed E-state index contributed by atoms with van der Waals surface area (Å²) in [6, 6.07) is 3.94. The minimum atomic E-state index is -0.118. The van der Waals surface area contributed by atoms with Crippen LogP contribution in [0.25, 0.3) is 0 Å². The Morgan fingerprint density at radius 1 is 1.58 bits per heavy atom. The molecule has 0 unspecified atom stereocenters. The molecule has 1 aromatic heterocycles. The molecule has 1 fully saturated rings. The number of amides is 1. The lowest BCUT2D eigenvalue weighted by Crippen LogP contribution is -2.42. The summed E-state index contributed by atoms with van der Waals surface area (Å²) in [7, 11) is 1.88. The second-order valence-corrected chi connectivity index (χ2v) is 5.03. The fraction of sp³-hybridized carbons (Fsp3) is 0.571. The van der Waals surface area contributed by atoms with Gasteiger partial charge >= 0.3 is 0 Å². The Bertz CT molecular complexity index is 512. The highest BCUT2D eigenvalue weighted by Gasteiger charge is 2.20. The highest BCUT2D eigenvalue weighted by atomic mass is 16.2. The molecule has 1 aliphatic rings. The summed E-state index contributed by atoms with van der Waals surface area (Å²) in [5.41, 5.74) is 2.80. The van der Waals surface area contributed by atoms with E-state index < -0.39 is 0 Å². The number of carbonyl (C=O) groups is 1. The SMILES string of the molecule is Cc1c(CN[C@H]2CCCCNC2=O)cc(C#N)n1C. The summed E-state index contributed by atoms with van der Waals surface area (Å²) < 4.78 is 1.88. The largest absolute Gasteiger partial charge is 0.355 e. The number of hydrogen-bond donors (Lipinski definition) is 2. The zero-order valence-corrected chi connectivity index (χ0v) is 11.5. The van der Waals surface area contributed by atoms with Gasteiger partial charge in [0.05, 0.1) is 6.04 Å². The Morgan fingerprint density at radius 2 is 2.37 bits per heavy atom. The fourth-order valence-corrected chi connectivity index (χ4v) is 2.42. The molecule has 0 saturated carbocycles. The van der Waals surface area contributed by atoms with Crippen molar-refractivity contribution in [3.05, 3.63) is 23.0 Å². The molecule has 1 aliphatic heterocycles. The molecule has 102 valence electrons. The van der Waals surface area contributed by atoms with Gasteiger partial charge in [-0.15, -0.1) is 0 Å². The lowest BCUT2D eigenvalue weighted by atomic mass is 10.1. The van der Waals surface area contributed by atoms with E-state index in [1.54, 1.807) is 0 Å². The van der Waals surface area contributed by atoms with Crippen molar-refractivity contribution in [1.29, 1.82) is 5.26 Å². The van der Waals surface area contributed by atoms with Gasteiger partial charge in [0.1, 0.15) is 11.8 Å². The molecule has 2 heterocycles. The minimum absolute atomic E-state index is 0.0894. The van der Waals surface area contributed by atoms with Crippen molar-refractivity contribution in [2.24, 2.45) is 7.05 Å². The first-order valence-corrected chi connectivity index (χ1v) is 6.70. The highest BCUT2D eigenvalue weighted by Crippen LogP contribution is 2.14. The Balaban J connectivity index is 2.02. The molecule has 1 atom stereocenters. The summed E-state index contributed by atoms with van der Waals surface area (Å²) >= 11 is 0. The van der Waals surface area contributed by atoms with E-state index in [9.17, 15) is 4.79 Å². The zero-order chi connectivity index (χ0) is 13.8. The van der Waals surface area contributed by atoms with Crippen LogP contribution < -0.4 is 10.6 Å². The standard InChI is InChI=1S/C14H20N4O/c1-10-11(7-12(8-15)18(10)2)9-17-13-5-3-4-6-16-14(13)19/h7,13,17H,3-6,9H2,1-2H3,(H,16,19)/t13-/m0/s1. The van der Waals surface area contributed by atoms with E-state index in [-0.39, 0.29) is 11.9 Å². The van der Waals surface area contributed by atoms with Gasteiger partial charge in [-0.25, -0.2) is 0 Å². The maximum absolute atomic E-state index is 11.8. The first kappa shape index (κ1) is 13.6. The molecular weight excluding hydrogens is 240 g/mol. The van der Waals surface area contributed by atoms with Crippen LogP contribution >= 0.6 is 0 Å². The topological polar surface area (TPSA) is 69.8 Å². The van der Waals surface area contributed by atoms with E-state index in [2.05, 4.69) is 16.7 Å². The molecular formula is C14H20N4O. The van der Waals surface area contributed by atoms with Gasteiger partial charge in [-0.05, 0) is 37.8 Å². The van der Waals surface area contributed by atoms with Crippen LogP contribution in [-0.2, 0) is 18.4 Å². The molecule has 19 heavy (non-hydrogen) atoms. The zero-order valence-electron chi connectivity index (χ0n) is 11.5. The molecule has 0 radical (unpaired) electrons. The Hall–Kier alpha value is -1.80. The third-order valence-corrected chi connectivity index (χ3v) is 3.83. The Kier molecular flexibility index (Phi) is 4.23. The van der Waals surface area contributed by atoms with Crippen molar-refractivity contribution in [1.82, 2.24) is 15.2 Å². The molecule has 0 spiro atoms. The van der Waals surface area contributed by atoms with Gasteiger partial charge in [-0.2, -0.15) is 5.26 Å². The molecule has 0 bridgehead atoms. The summed E-state index contributed by atoms with van der Waals surface area (Å²) in [5, 5.41) is 15.2. The molecule has 1 saturated heterocycles. The lowest BCUT2D eigenvalue weighted by Gasteiger charge is -2.15. The number of nitriles is 1. The molecule has 2 rings (SSSR count). The second-order valence-electron chi connectivity index (χ2n) is 5.03. The number of aromatic nitrogens is 1. The van der Waals surface area contributed by atoms with E-state index in [1.807, 2.05) is 24.6 Å². The molecule has 1 amide bonds. The van der Waals surface area contributed by atoms with Gasteiger partial charge in [0.25, 0.3) is 0 Å². The van der Waals surface area contributed by atoms with E-state index in [1.165, 1.54) is 0 Å². The van der Waals surface area contributed by atoms with Crippen LogP contribution in [0.15, 0.2) is 6.07 Å². The van der Waals surface area contributed by atoms with Gasteiger partial charge in [0, 0.05) is 25.8 Å². The average molecular weight is 260 g/mol. The molecule has 0 aromatic carbocycles. The normalized spacial score (nSPS) is 19.6. The van der Waals surface area contributed by atoms with Gasteiger partial charge in [0.15, 0.2) is 0 Å². The summed E-state index contributed by atoms with van der Waals surface area (Å²) in [5.74, 6) is 0.0894. The van der Waals surface area contributed by atoms with E-state index >= 15 is 0 Å². The van der Waals surface area contributed by atoms with Crippen molar-refractivity contribution in [2.45, 2.75) is 38.8 Å². The lowest BCUT2D eigenvalue weighted by molar-refractivity contribution is -0.122. The van der Waals surface area contributed by atoms with E-state index in [4.69, 9.17) is 5.26 Å². The average Bonchev–Trinajstić information content (AvgIpc) is 2.57. The minimum Gasteiger partial charge on any atom is -0.355 e. The van der Waals surface area contributed by atoms with Crippen molar-refractivity contribution in [3.63, 3.8) is 0 Å². The van der Waals surface area contributed by atoms with Crippen LogP contribution in [0.1, 0.15) is 36.2 Å². The Morgan fingerprint density at radius 3 is 3.05 bits per heavy atom. The third-order valence-electron chi connectivity index (χ3n) is 3.83. The molecule has 0 aliphatic carbocycles.